The third kappa shape index (κ3) is 8.36. The molecule has 0 aromatic rings. The van der Waals surface area contributed by atoms with Gasteiger partial charge in [0.05, 0.1) is 0 Å². The summed E-state index contributed by atoms with van der Waals surface area (Å²) in [6.45, 7) is 15.8. The van der Waals surface area contributed by atoms with Crippen LogP contribution in [0.4, 0.5) is 0 Å². The first-order valence-electron chi connectivity index (χ1n) is 8.30. The van der Waals surface area contributed by atoms with Crippen molar-refractivity contribution in [1.82, 2.24) is 9.80 Å². The summed E-state index contributed by atoms with van der Waals surface area (Å²) in [5.74, 6) is 0.429. The van der Waals surface area contributed by atoms with Gasteiger partial charge in [0.15, 0.2) is 0 Å². The third-order valence-electron chi connectivity index (χ3n) is 3.42. The summed E-state index contributed by atoms with van der Waals surface area (Å²) in [6, 6.07) is 0. The van der Waals surface area contributed by atoms with Gasteiger partial charge in [0.25, 0.3) is 0 Å². The van der Waals surface area contributed by atoms with Crippen molar-refractivity contribution < 1.29 is 9.53 Å². The Labute approximate surface area is 166 Å². The predicted octanol–water partition coefficient (Wildman–Crippen LogP) is 4.03. The van der Waals surface area contributed by atoms with E-state index >= 15 is 0 Å². The molecular formula is C16H30N2O2S4. The van der Waals surface area contributed by atoms with Gasteiger partial charge in [-0.05, 0) is 41.5 Å². The summed E-state index contributed by atoms with van der Waals surface area (Å²) in [5, 5.41) is 0. The SMILES string of the molecule is CCN(CC)C(=S)SCCOC(=O)C(C)(C)SC(=S)N(CC)CC. The highest BCUT2D eigenvalue weighted by Gasteiger charge is 2.32. The Morgan fingerprint density at radius 3 is 1.88 bits per heavy atom. The van der Waals surface area contributed by atoms with Crippen molar-refractivity contribution in [1.29, 1.82) is 0 Å². The summed E-state index contributed by atoms with van der Waals surface area (Å²) >= 11 is 13.7. The molecule has 24 heavy (non-hydrogen) atoms. The molecule has 0 N–H and O–H groups in total. The Hall–Kier alpha value is -0.0500. The highest BCUT2D eigenvalue weighted by atomic mass is 32.2. The fourth-order valence-corrected chi connectivity index (χ4v) is 4.96. The molecule has 0 amide bonds. The van der Waals surface area contributed by atoms with Crippen molar-refractivity contribution in [2.24, 2.45) is 0 Å². The number of hydrogen-bond acceptors (Lipinski definition) is 6. The monoisotopic (exact) mass is 410 g/mol. The van der Waals surface area contributed by atoms with Gasteiger partial charge in [0.2, 0.25) is 0 Å². The number of carbonyl (C=O) groups excluding carboxylic acids is 1. The van der Waals surface area contributed by atoms with Gasteiger partial charge in [0, 0.05) is 31.9 Å². The number of rotatable bonds is 9. The van der Waals surface area contributed by atoms with Crippen molar-refractivity contribution in [3.63, 3.8) is 0 Å². The highest BCUT2D eigenvalue weighted by molar-refractivity contribution is 8.24. The highest BCUT2D eigenvalue weighted by Crippen LogP contribution is 2.29. The topological polar surface area (TPSA) is 32.8 Å². The molecule has 0 atom stereocenters. The van der Waals surface area contributed by atoms with Gasteiger partial charge < -0.3 is 14.5 Å². The van der Waals surface area contributed by atoms with Crippen molar-refractivity contribution in [2.45, 2.75) is 46.3 Å². The molecule has 0 unspecified atom stereocenters. The number of carbonyl (C=O) groups is 1. The van der Waals surface area contributed by atoms with Crippen molar-refractivity contribution in [3.8, 4) is 0 Å². The molecule has 0 radical (unpaired) electrons. The Balaban J connectivity index is 4.30. The molecule has 0 aliphatic rings. The second kappa shape index (κ2) is 12.3. The Bertz CT molecular complexity index is 422. The van der Waals surface area contributed by atoms with Crippen LogP contribution in [0.25, 0.3) is 0 Å². The van der Waals surface area contributed by atoms with Gasteiger partial charge in [-0.3, -0.25) is 4.79 Å². The zero-order valence-corrected chi connectivity index (χ0v) is 18.9. The normalized spacial score (nSPS) is 11.1. The summed E-state index contributed by atoms with van der Waals surface area (Å²) in [6.07, 6.45) is 0. The van der Waals surface area contributed by atoms with Crippen molar-refractivity contribution in [2.75, 3.05) is 38.5 Å². The zero-order valence-electron chi connectivity index (χ0n) is 15.6. The molecule has 4 nitrogen and oxygen atoms in total. The largest absolute Gasteiger partial charge is 0.464 e. The third-order valence-corrected chi connectivity index (χ3v) is 6.53. The molecule has 0 heterocycles. The lowest BCUT2D eigenvalue weighted by Gasteiger charge is -2.27. The number of nitrogens with zero attached hydrogens (tertiary/aromatic N) is 2. The molecule has 8 heteroatoms. The molecule has 0 aromatic heterocycles. The summed E-state index contributed by atoms with van der Waals surface area (Å²) in [5.41, 5.74) is 0. The molecule has 0 aliphatic carbocycles. The van der Waals surface area contributed by atoms with E-state index in [0.717, 1.165) is 34.8 Å². The first-order valence-corrected chi connectivity index (χ1v) is 10.9. The van der Waals surface area contributed by atoms with E-state index in [1.807, 2.05) is 13.8 Å². The maximum absolute atomic E-state index is 12.3. The Morgan fingerprint density at radius 1 is 0.958 bits per heavy atom. The molecular weight excluding hydrogens is 380 g/mol. The van der Waals surface area contributed by atoms with Gasteiger partial charge in [-0.2, -0.15) is 0 Å². The summed E-state index contributed by atoms with van der Waals surface area (Å²) in [7, 11) is 0. The van der Waals surface area contributed by atoms with Gasteiger partial charge >= 0.3 is 5.97 Å². The molecule has 0 fully saturated rings. The van der Waals surface area contributed by atoms with Crippen LogP contribution in [0.3, 0.4) is 0 Å². The zero-order chi connectivity index (χ0) is 18.8. The van der Waals surface area contributed by atoms with Crippen molar-refractivity contribution in [3.05, 3.63) is 0 Å². The van der Waals surface area contributed by atoms with E-state index in [4.69, 9.17) is 29.2 Å². The average Bonchev–Trinajstić information content (AvgIpc) is 2.53. The minimum absolute atomic E-state index is 0.239. The van der Waals surface area contributed by atoms with Crippen LogP contribution in [0, 0.1) is 0 Å². The van der Waals surface area contributed by atoms with Crippen LogP contribution in [-0.2, 0) is 9.53 Å². The molecule has 0 rings (SSSR count). The number of ether oxygens (including phenoxy) is 1. The molecule has 0 aromatic carbocycles. The van der Waals surface area contributed by atoms with E-state index in [-0.39, 0.29) is 5.97 Å². The second-order valence-corrected chi connectivity index (χ2v) is 9.46. The maximum atomic E-state index is 12.3. The molecule has 0 saturated heterocycles. The Morgan fingerprint density at radius 2 is 1.42 bits per heavy atom. The van der Waals surface area contributed by atoms with Crippen LogP contribution in [0.15, 0.2) is 0 Å². The van der Waals surface area contributed by atoms with Crippen LogP contribution >= 0.6 is 48.0 Å². The van der Waals surface area contributed by atoms with Gasteiger partial charge in [-0.1, -0.05) is 48.0 Å². The molecule has 0 bridgehead atoms. The van der Waals surface area contributed by atoms with E-state index in [1.165, 1.54) is 11.8 Å². The first-order chi connectivity index (χ1) is 11.2. The molecule has 0 spiro atoms. The van der Waals surface area contributed by atoms with Gasteiger partial charge in [-0.15, -0.1) is 0 Å². The van der Waals surface area contributed by atoms with Crippen LogP contribution in [-0.4, -0.2) is 67.7 Å². The first kappa shape index (κ1) is 23.9. The van der Waals surface area contributed by atoms with E-state index < -0.39 is 4.75 Å². The summed E-state index contributed by atoms with van der Waals surface area (Å²) in [4.78, 5) is 16.5. The number of thiocarbonyl (C=S) groups is 2. The smallest absolute Gasteiger partial charge is 0.322 e. The van der Waals surface area contributed by atoms with Gasteiger partial charge in [-0.25, -0.2) is 0 Å². The quantitative estimate of drug-likeness (QED) is 0.320. The molecule has 0 saturated carbocycles. The van der Waals surface area contributed by atoms with Crippen LogP contribution in [0.5, 0.6) is 0 Å². The number of hydrogen-bond donors (Lipinski definition) is 0. The molecule has 0 aliphatic heterocycles. The van der Waals surface area contributed by atoms with Crippen LogP contribution in [0.1, 0.15) is 41.5 Å². The summed E-state index contributed by atoms with van der Waals surface area (Å²) < 4.78 is 6.31. The average molecular weight is 411 g/mol. The minimum Gasteiger partial charge on any atom is -0.464 e. The number of esters is 1. The predicted molar refractivity (Wildman–Crippen MR) is 116 cm³/mol. The van der Waals surface area contributed by atoms with Gasteiger partial charge in [0.1, 0.15) is 20.0 Å². The maximum Gasteiger partial charge on any atom is 0.322 e. The van der Waals surface area contributed by atoms with Crippen molar-refractivity contribution >= 4 is 62.6 Å². The lowest BCUT2D eigenvalue weighted by Crippen LogP contribution is -2.36. The standard InChI is InChI=1S/C16H30N2O2S4/c1-7-17(8-2)14(21)23-12-11-20-13(19)16(5,6)24-15(22)18(9-3)10-4/h7-12H2,1-6H3. The van der Waals surface area contributed by atoms with E-state index in [0.29, 0.717) is 12.4 Å². The Kier molecular flexibility index (Phi) is 12.3. The van der Waals surface area contributed by atoms with Crippen LogP contribution < -0.4 is 0 Å². The lowest BCUT2D eigenvalue weighted by molar-refractivity contribution is -0.144. The van der Waals surface area contributed by atoms with E-state index in [2.05, 4.69) is 37.5 Å². The number of thioether (sulfide) groups is 2. The minimum atomic E-state index is -0.691. The fraction of sp³-hybridized carbons (Fsp3) is 0.812. The second-order valence-electron chi connectivity index (χ2n) is 5.47. The van der Waals surface area contributed by atoms with Crippen LogP contribution in [0.2, 0.25) is 0 Å². The lowest BCUT2D eigenvalue weighted by atomic mass is 10.2. The van der Waals surface area contributed by atoms with E-state index in [9.17, 15) is 4.79 Å². The molecule has 140 valence electrons. The fourth-order valence-electron chi connectivity index (χ4n) is 1.82. The van der Waals surface area contributed by atoms with E-state index in [1.54, 1.807) is 11.8 Å².